The van der Waals surface area contributed by atoms with Gasteiger partial charge in [-0.3, -0.25) is 4.90 Å². The highest BCUT2D eigenvalue weighted by Crippen LogP contribution is 2.22. The first-order valence-corrected chi connectivity index (χ1v) is 9.26. The van der Waals surface area contributed by atoms with Gasteiger partial charge in [0, 0.05) is 37.9 Å². The van der Waals surface area contributed by atoms with Gasteiger partial charge in [-0.2, -0.15) is 0 Å². The van der Waals surface area contributed by atoms with Crippen LogP contribution in [0, 0.1) is 5.82 Å². The summed E-state index contributed by atoms with van der Waals surface area (Å²) in [5.41, 5.74) is 0.846. The Bertz CT molecular complexity index is 534. The molecule has 3 rings (SSSR count). The lowest BCUT2D eigenvalue weighted by atomic mass is 9.99. The molecule has 0 radical (unpaired) electrons. The summed E-state index contributed by atoms with van der Waals surface area (Å²) in [7, 11) is 0. The molecule has 0 amide bonds. The average Bonchev–Trinajstić information content (AvgIpc) is 2.63. The summed E-state index contributed by atoms with van der Waals surface area (Å²) in [6, 6.07) is 6.86. The number of hydrogen-bond acceptors (Lipinski definition) is 3. The number of rotatable bonds is 4. The van der Waals surface area contributed by atoms with Crippen molar-refractivity contribution in [3.8, 4) is 0 Å². The van der Waals surface area contributed by atoms with Crippen molar-refractivity contribution >= 4 is 23.0 Å². The van der Waals surface area contributed by atoms with Gasteiger partial charge in [0.1, 0.15) is 5.82 Å². The number of anilines is 1. The average molecular weight is 351 g/mol. The fourth-order valence-corrected chi connectivity index (χ4v) is 3.81. The van der Waals surface area contributed by atoms with E-state index in [9.17, 15) is 4.39 Å². The van der Waals surface area contributed by atoms with E-state index in [0.29, 0.717) is 6.04 Å². The van der Waals surface area contributed by atoms with E-state index < -0.39 is 0 Å². The summed E-state index contributed by atoms with van der Waals surface area (Å²) in [6.07, 6.45) is 4.77. The van der Waals surface area contributed by atoms with E-state index in [1.807, 2.05) is 0 Å². The minimum atomic E-state index is -0.229. The molecule has 1 aromatic carbocycles. The Labute approximate surface area is 149 Å². The lowest BCUT2D eigenvalue weighted by Crippen LogP contribution is -2.47. The minimum absolute atomic E-state index is 0.229. The van der Waals surface area contributed by atoms with Crippen LogP contribution in [0.3, 0.4) is 0 Å². The number of benzene rings is 1. The Hall–Kier alpha value is -1.24. The molecule has 2 fully saturated rings. The number of ether oxygens (including phenoxy) is 1. The molecule has 24 heavy (non-hydrogen) atoms. The zero-order valence-corrected chi connectivity index (χ0v) is 14.9. The van der Waals surface area contributed by atoms with Crippen molar-refractivity contribution < 1.29 is 9.13 Å². The highest BCUT2D eigenvalue weighted by atomic mass is 32.1. The molecule has 4 nitrogen and oxygen atoms in total. The van der Waals surface area contributed by atoms with E-state index in [-0.39, 0.29) is 5.82 Å². The number of thiocarbonyl (C=S) groups is 1. The number of halogens is 1. The maximum atomic E-state index is 13.0. The largest absolute Gasteiger partial charge is 0.379 e. The summed E-state index contributed by atoms with van der Waals surface area (Å²) < 4.78 is 18.4. The smallest absolute Gasteiger partial charge is 0.173 e. The van der Waals surface area contributed by atoms with Crippen molar-refractivity contribution in [2.75, 3.05) is 44.7 Å². The Morgan fingerprint density at radius 2 is 1.92 bits per heavy atom. The third kappa shape index (κ3) is 4.88. The van der Waals surface area contributed by atoms with Crippen LogP contribution >= 0.6 is 12.2 Å². The van der Waals surface area contributed by atoms with Gasteiger partial charge in [-0.25, -0.2) is 4.39 Å². The second-order valence-corrected chi connectivity index (χ2v) is 6.91. The molecule has 0 unspecified atom stereocenters. The maximum Gasteiger partial charge on any atom is 0.173 e. The first-order chi connectivity index (χ1) is 11.7. The molecular weight excluding hydrogens is 325 g/mol. The van der Waals surface area contributed by atoms with Gasteiger partial charge in [0.15, 0.2) is 5.11 Å². The second-order valence-electron chi connectivity index (χ2n) is 6.52. The molecule has 132 valence electrons. The molecule has 0 saturated carbocycles. The standard InChI is InChI=1S/C18H26FN3OS/c19-15-4-6-16(7-5-15)20-18(24)22-9-2-1-3-17(22)8-10-21-11-13-23-14-12-21/h4-7,17H,1-3,8-14H2,(H,20,24)/t17-/m1/s1. The molecule has 0 aliphatic carbocycles. The van der Waals surface area contributed by atoms with Crippen molar-refractivity contribution in [1.29, 1.82) is 0 Å². The summed E-state index contributed by atoms with van der Waals surface area (Å²) in [4.78, 5) is 4.80. The Morgan fingerprint density at radius 3 is 2.67 bits per heavy atom. The number of hydrogen-bond donors (Lipinski definition) is 1. The normalized spacial score (nSPS) is 22.4. The zero-order chi connectivity index (χ0) is 16.8. The fourth-order valence-electron chi connectivity index (χ4n) is 3.45. The second kappa shape index (κ2) is 8.74. The van der Waals surface area contributed by atoms with Crippen molar-refractivity contribution in [1.82, 2.24) is 9.80 Å². The van der Waals surface area contributed by atoms with Crippen molar-refractivity contribution in [3.63, 3.8) is 0 Å². The summed E-state index contributed by atoms with van der Waals surface area (Å²) >= 11 is 5.62. The SMILES string of the molecule is Fc1ccc(NC(=S)N2CCCC[C@@H]2CCN2CCOCC2)cc1. The van der Waals surface area contributed by atoms with Crippen LogP contribution in [0.2, 0.25) is 0 Å². The van der Waals surface area contributed by atoms with Gasteiger partial charge in [-0.15, -0.1) is 0 Å². The number of nitrogens with one attached hydrogen (secondary N) is 1. The lowest BCUT2D eigenvalue weighted by Gasteiger charge is -2.39. The van der Waals surface area contributed by atoms with E-state index in [4.69, 9.17) is 17.0 Å². The summed E-state index contributed by atoms with van der Waals surface area (Å²) in [5.74, 6) is -0.229. The van der Waals surface area contributed by atoms with Gasteiger partial charge in [0.05, 0.1) is 13.2 Å². The van der Waals surface area contributed by atoms with Crippen molar-refractivity contribution in [2.24, 2.45) is 0 Å². The molecule has 1 N–H and O–H groups in total. The van der Waals surface area contributed by atoms with Crippen molar-refractivity contribution in [3.05, 3.63) is 30.1 Å². The molecule has 6 heteroatoms. The molecule has 0 spiro atoms. The molecular formula is C18H26FN3OS. The molecule has 1 atom stereocenters. The molecule has 2 aliphatic heterocycles. The highest BCUT2D eigenvalue weighted by Gasteiger charge is 2.25. The highest BCUT2D eigenvalue weighted by molar-refractivity contribution is 7.80. The first kappa shape index (κ1) is 17.6. The monoisotopic (exact) mass is 351 g/mol. The van der Waals surface area contributed by atoms with Gasteiger partial charge >= 0.3 is 0 Å². The Kier molecular flexibility index (Phi) is 6.40. The Morgan fingerprint density at radius 1 is 1.17 bits per heavy atom. The molecule has 0 bridgehead atoms. The van der Waals surface area contributed by atoms with Crippen LogP contribution in [0.5, 0.6) is 0 Å². The third-order valence-corrected chi connectivity index (χ3v) is 5.20. The number of piperidine rings is 1. The van der Waals surface area contributed by atoms with Crippen molar-refractivity contribution in [2.45, 2.75) is 31.7 Å². The van der Waals surface area contributed by atoms with E-state index in [1.165, 1.54) is 31.4 Å². The van der Waals surface area contributed by atoms with Gasteiger partial charge < -0.3 is 15.0 Å². The van der Waals surface area contributed by atoms with Gasteiger partial charge in [0.2, 0.25) is 0 Å². The van der Waals surface area contributed by atoms with Crippen LogP contribution in [-0.2, 0) is 4.74 Å². The van der Waals surface area contributed by atoms with Gasteiger partial charge in [-0.05, 0) is 62.2 Å². The Balaban J connectivity index is 1.54. The minimum Gasteiger partial charge on any atom is -0.379 e. The predicted molar refractivity (Wildman–Crippen MR) is 98.8 cm³/mol. The molecule has 2 heterocycles. The molecule has 0 aromatic heterocycles. The van der Waals surface area contributed by atoms with Gasteiger partial charge in [-0.1, -0.05) is 0 Å². The van der Waals surface area contributed by atoms with Crippen LogP contribution in [0.25, 0.3) is 0 Å². The van der Waals surface area contributed by atoms with Crippen LogP contribution in [0.1, 0.15) is 25.7 Å². The fraction of sp³-hybridized carbons (Fsp3) is 0.611. The van der Waals surface area contributed by atoms with E-state index in [1.54, 1.807) is 12.1 Å². The van der Waals surface area contributed by atoms with E-state index in [2.05, 4.69) is 15.1 Å². The van der Waals surface area contributed by atoms with Gasteiger partial charge in [0.25, 0.3) is 0 Å². The zero-order valence-electron chi connectivity index (χ0n) is 14.0. The lowest BCUT2D eigenvalue weighted by molar-refractivity contribution is 0.0338. The number of nitrogens with zero attached hydrogens (tertiary/aromatic N) is 2. The van der Waals surface area contributed by atoms with Crippen LogP contribution in [0.4, 0.5) is 10.1 Å². The van der Waals surface area contributed by atoms with Crippen LogP contribution in [0.15, 0.2) is 24.3 Å². The van der Waals surface area contributed by atoms with E-state index >= 15 is 0 Å². The third-order valence-electron chi connectivity index (χ3n) is 4.87. The number of morpholine rings is 1. The maximum absolute atomic E-state index is 13.0. The van der Waals surface area contributed by atoms with E-state index in [0.717, 1.165) is 56.6 Å². The summed E-state index contributed by atoms with van der Waals surface area (Å²) in [5, 5.41) is 4.02. The van der Waals surface area contributed by atoms with Crippen LogP contribution in [-0.4, -0.2) is 60.3 Å². The topological polar surface area (TPSA) is 27.7 Å². The molecule has 2 aliphatic rings. The predicted octanol–water partition coefficient (Wildman–Crippen LogP) is 3.10. The number of likely N-dealkylation sites (tertiary alicyclic amines) is 1. The first-order valence-electron chi connectivity index (χ1n) is 8.86. The van der Waals surface area contributed by atoms with Crippen LogP contribution < -0.4 is 5.32 Å². The molecule has 1 aromatic rings. The molecule has 2 saturated heterocycles. The summed E-state index contributed by atoms with van der Waals surface area (Å²) in [6.45, 7) is 5.86. The quantitative estimate of drug-likeness (QED) is 0.842.